The third-order valence-corrected chi connectivity index (χ3v) is 3.36. The van der Waals surface area contributed by atoms with Gasteiger partial charge in [0, 0.05) is 31.6 Å². The Morgan fingerprint density at radius 1 is 1.60 bits per heavy atom. The molecule has 0 aliphatic carbocycles. The van der Waals surface area contributed by atoms with E-state index in [-0.39, 0.29) is 23.2 Å². The molecule has 0 bridgehead atoms. The van der Waals surface area contributed by atoms with E-state index in [9.17, 15) is 4.79 Å². The Kier molecular flexibility index (Phi) is 4.15. The first-order chi connectivity index (χ1) is 9.30. The molecule has 1 aliphatic heterocycles. The van der Waals surface area contributed by atoms with Crippen molar-refractivity contribution in [3.8, 4) is 0 Å². The van der Waals surface area contributed by atoms with Gasteiger partial charge in [0.1, 0.15) is 11.6 Å². The molecule has 0 amide bonds. The molecule has 1 atom stereocenters. The summed E-state index contributed by atoms with van der Waals surface area (Å²) in [6.07, 6.45) is -0.0395. The quantitative estimate of drug-likeness (QED) is 0.857. The van der Waals surface area contributed by atoms with Crippen LogP contribution in [0.1, 0.15) is 39.4 Å². The predicted octanol–water partition coefficient (Wildman–Crippen LogP) is 0.836. The Bertz CT molecular complexity index is 524. The summed E-state index contributed by atoms with van der Waals surface area (Å²) < 4.78 is 5.90. The number of hydrogen-bond donors (Lipinski definition) is 2. The summed E-state index contributed by atoms with van der Waals surface area (Å²) in [7, 11) is 0. The third-order valence-electron chi connectivity index (χ3n) is 3.36. The summed E-state index contributed by atoms with van der Waals surface area (Å²) in [4.78, 5) is 21.2. The lowest BCUT2D eigenvalue weighted by Gasteiger charge is -2.43. The summed E-state index contributed by atoms with van der Waals surface area (Å²) in [5.74, 6) is 1.59. The SMILES string of the molecule is CC(C)c1nc(N2CC(CN)OC(C)(C)C2)cc(=O)[nH]1. The van der Waals surface area contributed by atoms with Gasteiger partial charge in [-0.05, 0) is 13.8 Å². The molecule has 2 rings (SSSR count). The van der Waals surface area contributed by atoms with Crippen molar-refractivity contribution in [2.45, 2.75) is 45.3 Å². The lowest BCUT2D eigenvalue weighted by Crippen LogP contribution is -2.55. The van der Waals surface area contributed by atoms with Crippen molar-refractivity contribution in [2.24, 2.45) is 5.73 Å². The van der Waals surface area contributed by atoms with E-state index in [0.717, 1.165) is 0 Å². The van der Waals surface area contributed by atoms with E-state index >= 15 is 0 Å². The van der Waals surface area contributed by atoms with Gasteiger partial charge in [0.2, 0.25) is 0 Å². The molecule has 1 aromatic rings. The largest absolute Gasteiger partial charge is 0.367 e. The first kappa shape index (κ1) is 15.0. The van der Waals surface area contributed by atoms with E-state index in [1.165, 1.54) is 0 Å². The molecule has 6 heteroatoms. The van der Waals surface area contributed by atoms with Crippen LogP contribution in [0.15, 0.2) is 10.9 Å². The second kappa shape index (κ2) is 5.54. The number of nitrogens with one attached hydrogen (secondary N) is 1. The highest BCUT2D eigenvalue weighted by molar-refractivity contribution is 5.39. The minimum atomic E-state index is -0.301. The molecule has 1 unspecified atom stereocenters. The number of hydrogen-bond acceptors (Lipinski definition) is 5. The number of ether oxygens (including phenoxy) is 1. The highest BCUT2D eigenvalue weighted by Crippen LogP contribution is 2.24. The van der Waals surface area contributed by atoms with Crippen molar-refractivity contribution in [1.82, 2.24) is 9.97 Å². The van der Waals surface area contributed by atoms with Gasteiger partial charge in [0.25, 0.3) is 5.56 Å². The number of H-pyrrole nitrogens is 1. The normalized spacial score (nSPS) is 22.3. The maximum absolute atomic E-state index is 11.8. The maximum atomic E-state index is 11.8. The highest BCUT2D eigenvalue weighted by atomic mass is 16.5. The van der Waals surface area contributed by atoms with E-state index in [4.69, 9.17) is 10.5 Å². The number of morpholine rings is 1. The van der Waals surface area contributed by atoms with Crippen LogP contribution in [-0.4, -0.2) is 41.3 Å². The van der Waals surface area contributed by atoms with E-state index < -0.39 is 0 Å². The van der Waals surface area contributed by atoms with Crippen LogP contribution < -0.4 is 16.2 Å². The molecule has 0 aromatic carbocycles. The van der Waals surface area contributed by atoms with Crippen molar-refractivity contribution >= 4 is 5.82 Å². The van der Waals surface area contributed by atoms with Gasteiger partial charge in [-0.1, -0.05) is 13.8 Å². The Hall–Kier alpha value is -1.40. The molecule has 6 nitrogen and oxygen atoms in total. The second-order valence-corrected chi connectivity index (χ2v) is 6.26. The third kappa shape index (κ3) is 3.37. The summed E-state index contributed by atoms with van der Waals surface area (Å²) in [5.41, 5.74) is 5.31. The molecular weight excluding hydrogens is 256 g/mol. The number of aromatic nitrogens is 2. The van der Waals surface area contributed by atoms with Crippen LogP contribution >= 0.6 is 0 Å². The van der Waals surface area contributed by atoms with Crippen LogP contribution in [0.25, 0.3) is 0 Å². The summed E-state index contributed by atoms with van der Waals surface area (Å²) >= 11 is 0. The van der Waals surface area contributed by atoms with Gasteiger partial charge >= 0.3 is 0 Å². The fourth-order valence-electron chi connectivity index (χ4n) is 2.49. The predicted molar refractivity (Wildman–Crippen MR) is 79.2 cm³/mol. The van der Waals surface area contributed by atoms with Crippen molar-refractivity contribution in [3.63, 3.8) is 0 Å². The Morgan fingerprint density at radius 2 is 2.30 bits per heavy atom. The molecule has 2 heterocycles. The highest BCUT2D eigenvalue weighted by Gasteiger charge is 2.33. The molecule has 1 saturated heterocycles. The van der Waals surface area contributed by atoms with Gasteiger partial charge in [-0.3, -0.25) is 4.79 Å². The first-order valence-corrected chi connectivity index (χ1v) is 7.05. The van der Waals surface area contributed by atoms with Gasteiger partial charge in [0.05, 0.1) is 11.7 Å². The van der Waals surface area contributed by atoms with Crippen molar-refractivity contribution in [2.75, 3.05) is 24.5 Å². The summed E-state index contributed by atoms with van der Waals surface area (Å²) in [5, 5.41) is 0. The monoisotopic (exact) mass is 280 g/mol. The van der Waals surface area contributed by atoms with Crippen LogP contribution in [0.4, 0.5) is 5.82 Å². The van der Waals surface area contributed by atoms with Crippen molar-refractivity contribution in [1.29, 1.82) is 0 Å². The van der Waals surface area contributed by atoms with Gasteiger partial charge in [-0.25, -0.2) is 4.98 Å². The summed E-state index contributed by atoms with van der Waals surface area (Å²) in [6, 6.07) is 1.54. The van der Waals surface area contributed by atoms with Gasteiger partial charge in [-0.15, -0.1) is 0 Å². The van der Waals surface area contributed by atoms with Crippen molar-refractivity contribution in [3.05, 3.63) is 22.2 Å². The molecule has 1 aromatic heterocycles. The average Bonchev–Trinajstić information content (AvgIpc) is 2.36. The molecule has 112 valence electrons. The molecule has 0 radical (unpaired) electrons. The molecule has 0 saturated carbocycles. The molecule has 3 N–H and O–H groups in total. The fraction of sp³-hybridized carbons (Fsp3) is 0.714. The standard InChI is InChI=1S/C14H24N4O2/c1-9(2)13-16-11(5-12(19)17-13)18-7-10(6-15)20-14(3,4)8-18/h5,9-10H,6-8,15H2,1-4H3,(H,16,17,19). The van der Waals surface area contributed by atoms with Crippen LogP contribution in [0, 0.1) is 0 Å². The number of nitrogens with zero attached hydrogens (tertiary/aromatic N) is 2. The molecule has 1 aliphatic rings. The lowest BCUT2D eigenvalue weighted by atomic mass is 10.1. The zero-order chi connectivity index (χ0) is 14.9. The Morgan fingerprint density at radius 3 is 2.90 bits per heavy atom. The maximum Gasteiger partial charge on any atom is 0.252 e. The van der Waals surface area contributed by atoms with Crippen LogP contribution in [0.5, 0.6) is 0 Å². The number of anilines is 1. The lowest BCUT2D eigenvalue weighted by molar-refractivity contribution is -0.0790. The number of nitrogens with two attached hydrogens (primary N) is 1. The molecule has 1 fully saturated rings. The van der Waals surface area contributed by atoms with E-state index in [2.05, 4.69) is 14.9 Å². The number of rotatable bonds is 3. The zero-order valence-electron chi connectivity index (χ0n) is 12.6. The summed E-state index contributed by atoms with van der Waals surface area (Å²) in [6.45, 7) is 9.88. The van der Waals surface area contributed by atoms with E-state index in [1.807, 2.05) is 27.7 Å². The molecule has 20 heavy (non-hydrogen) atoms. The fourth-order valence-corrected chi connectivity index (χ4v) is 2.49. The average molecular weight is 280 g/mol. The zero-order valence-corrected chi connectivity index (χ0v) is 12.6. The smallest absolute Gasteiger partial charge is 0.252 e. The molecular formula is C14H24N4O2. The number of aromatic amines is 1. The van der Waals surface area contributed by atoms with Gasteiger partial charge < -0.3 is 20.4 Å². The van der Waals surface area contributed by atoms with Crippen LogP contribution in [-0.2, 0) is 4.74 Å². The minimum Gasteiger partial charge on any atom is -0.367 e. The van der Waals surface area contributed by atoms with Gasteiger partial charge in [0.15, 0.2) is 0 Å². The van der Waals surface area contributed by atoms with Gasteiger partial charge in [-0.2, -0.15) is 0 Å². The first-order valence-electron chi connectivity index (χ1n) is 7.05. The van der Waals surface area contributed by atoms with E-state index in [0.29, 0.717) is 31.3 Å². The topological polar surface area (TPSA) is 84.2 Å². The molecule has 0 spiro atoms. The van der Waals surface area contributed by atoms with Crippen LogP contribution in [0.2, 0.25) is 0 Å². The minimum absolute atomic E-state index is 0.0395. The Labute approximate surface area is 119 Å². The van der Waals surface area contributed by atoms with E-state index in [1.54, 1.807) is 6.07 Å². The van der Waals surface area contributed by atoms with Crippen LogP contribution in [0.3, 0.4) is 0 Å². The Balaban J connectivity index is 2.32. The second-order valence-electron chi connectivity index (χ2n) is 6.26. The van der Waals surface area contributed by atoms with Crippen molar-refractivity contribution < 1.29 is 4.74 Å².